The zero-order valence-electron chi connectivity index (χ0n) is 12.1. The van der Waals surface area contributed by atoms with Gasteiger partial charge in [0.15, 0.2) is 0 Å². The third-order valence-corrected chi connectivity index (χ3v) is 4.35. The lowest BCUT2D eigenvalue weighted by atomic mass is 9.94. The summed E-state index contributed by atoms with van der Waals surface area (Å²) in [5.74, 6) is -1.08. The Kier molecular flexibility index (Phi) is 5.48. The molecule has 112 valence electrons. The van der Waals surface area contributed by atoms with Crippen LogP contribution in [-0.2, 0) is 0 Å². The predicted molar refractivity (Wildman–Crippen MR) is 85.4 cm³/mol. The van der Waals surface area contributed by atoms with Crippen molar-refractivity contribution >= 4 is 15.9 Å². The number of halogens is 3. The molecule has 0 aromatic heterocycles. The Morgan fingerprint density at radius 1 is 1.14 bits per heavy atom. The highest BCUT2D eigenvalue weighted by atomic mass is 79.9. The summed E-state index contributed by atoms with van der Waals surface area (Å²) >= 11 is 3.50. The highest BCUT2D eigenvalue weighted by Crippen LogP contribution is 2.30. The zero-order chi connectivity index (χ0) is 15.4. The molecular weight excluding hydrogens is 336 g/mol. The summed E-state index contributed by atoms with van der Waals surface area (Å²) in [4.78, 5) is 0. The summed E-state index contributed by atoms with van der Waals surface area (Å²) in [7, 11) is 0. The summed E-state index contributed by atoms with van der Waals surface area (Å²) in [6.07, 6.45) is 0.937. The first-order valence-corrected chi connectivity index (χ1v) is 7.77. The summed E-state index contributed by atoms with van der Waals surface area (Å²) < 4.78 is 28.3. The highest BCUT2D eigenvalue weighted by molar-refractivity contribution is 9.10. The molecule has 2 aromatic carbocycles. The highest BCUT2D eigenvalue weighted by Gasteiger charge is 2.20. The maximum absolute atomic E-state index is 14.2. The van der Waals surface area contributed by atoms with Gasteiger partial charge in [-0.3, -0.25) is 0 Å². The molecule has 0 amide bonds. The maximum Gasteiger partial charge on any atom is 0.131 e. The molecule has 0 heterocycles. The molecule has 0 fully saturated rings. The minimum absolute atomic E-state index is 0.289. The van der Waals surface area contributed by atoms with Crippen molar-refractivity contribution in [3.63, 3.8) is 0 Å². The lowest BCUT2D eigenvalue weighted by Crippen LogP contribution is -2.25. The van der Waals surface area contributed by atoms with Gasteiger partial charge in [-0.05, 0) is 43.1 Å². The van der Waals surface area contributed by atoms with E-state index < -0.39 is 11.6 Å². The molecule has 1 unspecified atom stereocenters. The third-order valence-electron chi connectivity index (χ3n) is 3.49. The number of rotatable bonds is 5. The number of benzene rings is 2. The average Bonchev–Trinajstić information content (AvgIpc) is 2.45. The monoisotopic (exact) mass is 353 g/mol. The quantitative estimate of drug-likeness (QED) is 0.785. The number of hydrogen-bond donors (Lipinski definition) is 1. The van der Waals surface area contributed by atoms with Gasteiger partial charge in [-0.1, -0.05) is 41.1 Å². The van der Waals surface area contributed by atoms with E-state index in [9.17, 15) is 8.78 Å². The molecule has 0 aliphatic carbocycles. The van der Waals surface area contributed by atoms with Gasteiger partial charge in [0.1, 0.15) is 11.6 Å². The first-order valence-electron chi connectivity index (χ1n) is 6.98. The van der Waals surface area contributed by atoms with Crippen LogP contribution in [0.25, 0.3) is 0 Å². The molecule has 1 N–H and O–H groups in total. The fraction of sp³-hybridized carbons (Fsp3) is 0.294. The van der Waals surface area contributed by atoms with E-state index in [-0.39, 0.29) is 6.04 Å². The van der Waals surface area contributed by atoms with Gasteiger partial charge in [-0.15, -0.1) is 0 Å². The standard InChI is InChI=1S/C17H18BrF2N/c1-3-9-21-17(13-5-4-6-15(18)11(13)2)14-8-7-12(19)10-16(14)20/h4-8,10,17,21H,3,9H2,1-2H3. The third kappa shape index (κ3) is 3.69. The summed E-state index contributed by atoms with van der Waals surface area (Å²) in [6, 6.07) is 9.30. The minimum atomic E-state index is -0.559. The predicted octanol–water partition coefficient (Wildman–Crippen LogP) is 5.12. The fourth-order valence-electron chi connectivity index (χ4n) is 2.35. The first-order chi connectivity index (χ1) is 10.0. The Balaban J connectivity index is 2.49. The molecule has 1 atom stereocenters. The SMILES string of the molecule is CCCNC(c1ccc(F)cc1F)c1cccc(Br)c1C. The van der Waals surface area contributed by atoms with Crippen LogP contribution in [0.4, 0.5) is 8.78 Å². The van der Waals surface area contributed by atoms with Crippen molar-refractivity contribution in [2.45, 2.75) is 26.3 Å². The van der Waals surface area contributed by atoms with Gasteiger partial charge in [-0.25, -0.2) is 8.78 Å². The molecule has 0 aliphatic rings. The Bertz CT molecular complexity index is 628. The normalized spacial score (nSPS) is 12.4. The van der Waals surface area contributed by atoms with Crippen molar-refractivity contribution in [2.24, 2.45) is 0 Å². The molecule has 0 spiro atoms. The minimum Gasteiger partial charge on any atom is -0.306 e. The number of nitrogens with one attached hydrogen (secondary N) is 1. The molecular formula is C17H18BrF2N. The zero-order valence-corrected chi connectivity index (χ0v) is 13.7. The van der Waals surface area contributed by atoms with Crippen LogP contribution in [0, 0.1) is 18.6 Å². The van der Waals surface area contributed by atoms with E-state index in [1.54, 1.807) is 0 Å². The van der Waals surface area contributed by atoms with E-state index in [0.29, 0.717) is 5.56 Å². The Hall–Kier alpha value is -1.26. The van der Waals surface area contributed by atoms with Crippen LogP contribution in [0.1, 0.15) is 36.1 Å². The van der Waals surface area contributed by atoms with Gasteiger partial charge in [0.25, 0.3) is 0 Å². The number of hydrogen-bond acceptors (Lipinski definition) is 1. The maximum atomic E-state index is 14.2. The van der Waals surface area contributed by atoms with Crippen LogP contribution in [0.15, 0.2) is 40.9 Å². The van der Waals surface area contributed by atoms with Crippen molar-refractivity contribution in [2.75, 3.05) is 6.54 Å². The van der Waals surface area contributed by atoms with Gasteiger partial charge < -0.3 is 5.32 Å². The molecule has 2 aromatic rings. The fourth-order valence-corrected chi connectivity index (χ4v) is 2.73. The second-order valence-electron chi connectivity index (χ2n) is 5.01. The topological polar surface area (TPSA) is 12.0 Å². The molecule has 1 nitrogen and oxygen atoms in total. The van der Waals surface area contributed by atoms with Crippen LogP contribution in [0.5, 0.6) is 0 Å². The Labute approximate surface area is 132 Å². The molecule has 21 heavy (non-hydrogen) atoms. The van der Waals surface area contributed by atoms with E-state index in [4.69, 9.17) is 0 Å². The van der Waals surface area contributed by atoms with Gasteiger partial charge >= 0.3 is 0 Å². The van der Waals surface area contributed by atoms with E-state index in [2.05, 4.69) is 28.2 Å². The van der Waals surface area contributed by atoms with Gasteiger partial charge in [0.2, 0.25) is 0 Å². The second kappa shape index (κ2) is 7.14. The van der Waals surface area contributed by atoms with E-state index in [0.717, 1.165) is 34.6 Å². The van der Waals surface area contributed by atoms with Crippen LogP contribution >= 0.6 is 15.9 Å². The summed E-state index contributed by atoms with van der Waals surface area (Å²) in [6.45, 7) is 4.80. The lowest BCUT2D eigenvalue weighted by Gasteiger charge is -2.22. The van der Waals surface area contributed by atoms with Crippen molar-refractivity contribution in [1.29, 1.82) is 0 Å². The molecule has 0 saturated heterocycles. The van der Waals surface area contributed by atoms with Crippen LogP contribution < -0.4 is 5.32 Å². The van der Waals surface area contributed by atoms with Crippen molar-refractivity contribution in [1.82, 2.24) is 5.32 Å². The first kappa shape index (κ1) is 16.1. The van der Waals surface area contributed by atoms with E-state index in [1.165, 1.54) is 12.1 Å². The van der Waals surface area contributed by atoms with E-state index >= 15 is 0 Å². The smallest absolute Gasteiger partial charge is 0.131 e. The molecule has 4 heteroatoms. The largest absolute Gasteiger partial charge is 0.306 e. The van der Waals surface area contributed by atoms with Gasteiger partial charge in [-0.2, -0.15) is 0 Å². The van der Waals surface area contributed by atoms with Gasteiger partial charge in [0, 0.05) is 16.1 Å². The van der Waals surface area contributed by atoms with Crippen LogP contribution in [0.3, 0.4) is 0 Å². The van der Waals surface area contributed by atoms with Crippen molar-refractivity contribution in [3.05, 3.63) is 69.2 Å². The summed E-state index contributed by atoms with van der Waals surface area (Å²) in [5.41, 5.74) is 2.50. The lowest BCUT2D eigenvalue weighted by molar-refractivity contribution is 0.531. The Morgan fingerprint density at radius 2 is 1.90 bits per heavy atom. The van der Waals surface area contributed by atoms with E-state index in [1.807, 2.05) is 25.1 Å². The second-order valence-corrected chi connectivity index (χ2v) is 5.86. The molecule has 0 radical (unpaired) electrons. The molecule has 0 aliphatic heterocycles. The van der Waals surface area contributed by atoms with Crippen LogP contribution in [0.2, 0.25) is 0 Å². The van der Waals surface area contributed by atoms with Crippen molar-refractivity contribution < 1.29 is 8.78 Å². The molecule has 2 rings (SSSR count). The van der Waals surface area contributed by atoms with Crippen molar-refractivity contribution in [3.8, 4) is 0 Å². The molecule has 0 saturated carbocycles. The van der Waals surface area contributed by atoms with Crippen LogP contribution in [-0.4, -0.2) is 6.54 Å². The average molecular weight is 354 g/mol. The molecule has 0 bridgehead atoms. The Morgan fingerprint density at radius 3 is 2.57 bits per heavy atom. The summed E-state index contributed by atoms with van der Waals surface area (Å²) in [5, 5.41) is 3.35. The van der Waals surface area contributed by atoms with Gasteiger partial charge in [0.05, 0.1) is 6.04 Å².